The topological polar surface area (TPSA) is 42.7 Å². The molecule has 1 aliphatic carbocycles. The van der Waals surface area contributed by atoms with Crippen LogP contribution in [0.3, 0.4) is 0 Å². The van der Waals surface area contributed by atoms with Gasteiger partial charge in [-0.1, -0.05) is 172 Å². The van der Waals surface area contributed by atoms with Gasteiger partial charge in [0.25, 0.3) is 0 Å². The van der Waals surface area contributed by atoms with Crippen molar-refractivity contribution in [2.24, 2.45) is 0 Å². The van der Waals surface area contributed by atoms with Gasteiger partial charge in [0.1, 0.15) is 27.9 Å². The van der Waals surface area contributed by atoms with Crippen LogP contribution in [0.4, 0.5) is 17.1 Å². The van der Waals surface area contributed by atoms with Crippen molar-refractivity contribution < 1.29 is 13.3 Å². The molecule has 0 saturated heterocycles. The summed E-state index contributed by atoms with van der Waals surface area (Å²) in [5.74, 6) is 0. The quantitative estimate of drug-likeness (QED) is 0.167. The molecule has 0 bridgehead atoms. The lowest BCUT2D eigenvalue weighted by Gasteiger charge is -2.26. The second kappa shape index (κ2) is 14.2. The predicted octanol–water partition coefficient (Wildman–Crippen LogP) is 18.2. The zero-order chi connectivity index (χ0) is 44.4. The molecule has 0 unspecified atom stereocenters. The molecule has 14 rings (SSSR count). The predicted molar refractivity (Wildman–Crippen MR) is 277 cm³/mol. The number of nitrogens with zero attached hydrogens (tertiary/aromatic N) is 1. The monoisotopic (exact) mass is 859 g/mol. The molecule has 0 fully saturated rings. The number of hydrogen-bond acceptors (Lipinski definition) is 4. The molecule has 3 heterocycles. The summed E-state index contributed by atoms with van der Waals surface area (Å²) in [6, 6.07) is 75.7. The normalized spacial score (nSPS) is 13.0. The van der Waals surface area contributed by atoms with E-state index in [0.29, 0.717) is 0 Å². The van der Waals surface area contributed by atoms with Crippen LogP contribution in [0.15, 0.2) is 226 Å². The Kier molecular flexibility index (Phi) is 8.00. The Morgan fingerprint density at radius 1 is 0.343 bits per heavy atom. The summed E-state index contributed by atoms with van der Waals surface area (Å²) in [5.41, 5.74) is 19.7. The third kappa shape index (κ3) is 5.60. The van der Waals surface area contributed by atoms with E-state index < -0.39 is 0 Å². The Bertz CT molecular complexity index is 4110. The van der Waals surface area contributed by atoms with E-state index in [4.69, 9.17) is 13.3 Å². The maximum atomic E-state index is 7.42. The van der Waals surface area contributed by atoms with Gasteiger partial charge in [-0.25, -0.2) is 0 Å². The van der Waals surface area contributed by atoms with Gasteiger partial charge in [0.15, 0.2) is 5.58 Å². The van der Waals surface area contributed by atoms with Crippen molar-refractivity contribution in [3.8, 4) is 44.5 Å². The summed E-state index contributed by atoms with van der Waals surface area (Å²) < 4.78 is 20.6. The number of benzene rings is 10. The molecule has 0 saturated carbocycles. The molecule has 67 heavy (non-hydrogen) atoms. The second-order valence-corrected chi connectivity index (χ2v) is 18.4. The van der Waals surface area contributed by atoms with Crippen molar-refractivity contribution in [1.29, 1.82) is 0 Å². The van der Waals surface area contributed by atoms with Crippen LogP contribution in [-0.2, 0) is 5.41 Å². The van der Waals surface area contributed by atoms with Gasteiger partial charge in [-0.3, -0.25) is 0 Å². The highest BCUT2D eigenvalue weighted by Crippen LogP contribution is 2.53. The molecule has 13 aromatic rings. The van der Waals surface area contributed by atoms with E-state index in [0.717, 1.165) is 111 Å². The summed E-state index contributed by atoms with van der Waals surface area (Å²) >= 11 is 0. The van der Waals surface area contributed by atoms with Gasteiger partial charge in [-0.05, 0) is 99.1 Å². The Balaban J connectivity index is 0.984. The van der Waals surface area contributed by atoms with Crippen LogP contribution in [0.5, 0.6) is 0 Å². The van der Waals surface area contributed by atoms with E-state index in [-0.39, 0.29) is 5.41 Å². The highest BCUT2D eigenvalue weighted by molar-refractivity contribution is 6.24. The van der Waals surface area contributed by atoms with E-state index in [2.05, 4.69) is 213 Å². The molecule has 10 aromatic carbocycles. The number of anilines is 3. The van der Waals surface area contributed by atoms with Crippen LogP contribution >= 0.6 is 0 Å². The molecule has 0 aliphatic heterocycles. The van der Waals surface area contributed by atoms with Crippen molar-refractivity contribution in [3.05, 3.63) is 223 Å². The Morgan fingerprint density at radius 3 is 1.72 bits per heavy atom. The summed E-state index contributed by atoms with van der Waals surface area (Å²) in [6.07, 6.45) is 0. The van der Waals surface area contributed by atoms with Crippen LogP contribution in [0.1, 0.15) is 25.0 Å². The van der Waals surface area contributed by atoms with E-state index in [9.17, 15) is 0 Å². The lowest BCUT2D eigenvalue weighted by Crippen LogP contribution is -2.14. The first-order valence-corrected chi connectivity index (χ1v) is 23.0. The average Bonchev–Trinajstić information content (AvgIpc) is 4.12. The SMILES string of the molecule is CC1(C)c2ccccc2-c2ccc(-c3c4oc5c(N(c6ccc(-c7ccccc7)cc6)c6ccc(-c7cccc8c7oc7ccccc78)cc6)cccc5c4cc4oc5ccccc5c34)cc21. The number of fused-ring (bicyclic) bond motifs is 12. The molecule has 4 heteroatoms. The maximum Gasteiger partial charge on any atom is 0.159 e. The lowest BCUT2D eigenvalue weighted by molar-refractivity contribution is 0.660. The molecule has 0 atom stereocenters. The van der Waals surface area contributed by atoms with Crippen LogP contribution in [0, 0.1) is 0 Å². The Morgan fingerprint density at radius 2 is 0.925 bits per heavy atom. The third-order valence-corrected chi connectivity index (χ3v) is 14.3. The fourth-order valence-electron chi connectivity index (χ4n) is 11.1. The van der Waals surface area contributed by atoms with E-state index in [1.54, 1.807) is 0 Å². The molecular formula is C63H41NO3. The van der Waals surface area contributed by atoms with Crippen molar-refractivity contribution in [2.45, 2.75) is 19.3 Å². The molecule has 4 nitrogen and oxygen atoms in total. The average molecular weight is 860 g/mol. The standard InChI is InChI=1S/C63H41NO3/c1-63(2)52-22-9-6-16-45(52)46-35-30-41(36-53(46)63)58-59-50-18-8-11-25-56(50)65-57(59)37-51-49-21-13-23-54(61(49)67-62(51)58)64(42-31-26-39(27-32-42)38-14-4-3-5-15-38)43-33-28-40(29-34-43)44-19-12-20-48-47-17-7-10-24-55(47)66-60(44)48/h3-37H,1-2H3. The van der Waals surface area contributed by atoms with Crippen LogP contribution < -0.4 is 4.90 Å². The second-order valence-electron chi connectivity index (χ2n) is 18.4. The van der Waals surface area contributed by atoms with Crippen molar-refractivity contribution in [1.82, 2.24) is 0 Å². The summed E-state index contributed by atoms with van der Waals surface area (Å²) in [5, 5.41) is 6.38. The summed E-state index contributed by atoms with van der Waals surface area (Å²) in [6.45, 7) is 4.68. The van der Waals surface area contributed by atoms with Crippen LogP contribution in [0.2, 0.25) is 0 Å². The first-order chi connectivity index (χ1) is 33.0. The summed E-state index contributed by atoms with van der Waals surface area (Å²) in [4.78, 5) is 2.32. The third-order valence-electron chi connectivity index (χ3n) is 14.3. The van der Waals surface area contributed by atoms with Gasteiger partial charge < -0.3 is 18.2 Å². The molecule has 316 valence electrons. The maximum absolute atomic E-state index is 7.42. The first-order valence-electron chi connectivity index (χ1n) is 23.0. The van der Waals surface area contributed by atoms with Crippen molar-refractivity contribution >= 4 is 82.9 Å². The van der Waals surface area contributed by atoms with Gasteiger partial charge in [0.05, 0.1) is 5.69 Å². The van der Waals surface area contributed by atoms with Crippen LogP contribution in [0.25, 0.3) is 110 Å². The van der Waals surface area contributed by atoms with E-state index >= 15 is 0 Å². The first kappa shape index (κ1) is 37.7. The molecule has 1 aliphatic rings. The molecule has 0 spiro atoms. The largest absolute Gasteiger partial charge is 0.456 e. The molecule has 3 aromatic heterocycles. The number of para-hydroxylation sites is 4. The van der Waals surface area contributed by atoms with Crippen molar-refractivity contribution in [3.63, 3.8) is 0 Å². The molecular weight excluding hydrogens is 819 g/mol. The van der Waals surface area contributed by atoms with Gasteiger partial charge in [-0.2, -0.15) is 0 Å². The van der Waals surface area contributed by atoms with E-state index in [1.807, 2.05) is 18.2 Å². The zero-order valence-corrected chi connectivity index (χ0v) is 36.9. The minimum absolute atomic E-state index is 0.168. The number of rotatable bonds is 6. The fourth-order valence-corrected chi connectivity index (χ4v) is 11.1. The minimum atomic E-state index is -0.168. The Labute approximate surface area is 386 Å². The number of furan rings is 3. The smallest absolute Gasteiger partial charge is 0.159 e. The molecule has 0 radical (unpaired) electrons. The van der Waals surface area contributed by atoms with Crippen molar-refractivity contribution in [2.75, 3.05) is 4.90 Å². The van der Waals surface area contributed by atoms with Crippen LogP contribution in [-0.4, -0.2) is 0 Å². The Hall–Kier alpha value is -8.60. The zero-order valence-electron chi connectivity index (χ0n) is 36.9. The van der Waals surface area contributed by atoms with Gasteiger partial charge >= 0.3 is 0 Å². The highest BCUT2D eigenvalue weighted by Gasteiger charge is 2.36. The fraction of sp³-hybridized carbons (Fsp3) is 0.0476. The van der Waals surface area contributed by atoms with Gasteiger partial charge in [0, 0.05) is 60.2 Å². The lowest BCUT2D eigenvalue weighted by atomic mass is 9.81. The van der Waals surface area contributed by atoms with Gasteiger partial charge in [-0.15, -0.1) is 0 Å². The number of hydrogen-bond donors (Lipinski definition) is 0. The van der Waals surface area contributed by atoms with Gasteiger partial charge in [0.2, 0.25) is 0 Å². The van der Waals surface area contributed by atoms with E-state index in [1.165, 1.54) is 27.8 Å². The highest BCUT2D eigenvalue weighted by atomic mass is 16.3. The molecule has 0 amide bonds. The minimum Gasteiger partial charge on any atom is -0.456 e. The molecule has 0 N–H and O–H groups in total. The summed E-state index contributed by atoms with van der Waals surface area (Å²) in [7, 11) is 0.